The Morgan fingerprint density at radius 2 is 2.03 bits per heavy atom. The summed E-state index contributed by atoms with van der Waals surface area (Å²) in [6.07, 6.45) is 0.500. The number of hydrogen-bond acceptors (Lipinski definition) is 6. The lowest BCUT2D eigenvalue weighted by Gasteiger charge is -2.29. The van der Waals surface area contributed by atoms with Gasteiger partial charge in [0, 0.05) is 31.1 Å². The number of hydrogen-bond donors (Lipinski definition) is 4. The summed E-state index contributed by atoms with van der Waals surface area (Å²) in [5, 5.41) is 17.4. The molecule has 1 unspecified atom stereocenters. The van der Waals surface area contributed by atoms with Gasteiger partial charge in [0.2, 0.25) is 11.8 Å². The lowest BCUT2D eigenvalue weighted by atomic mass is 10.0. The number of nitrogens with zero attached hydrogens (tertiary/aromatic N) is 1. The van der Waals surface area contributed by atoms with Crippen LogP contribution in [0.15, 0.2) is 36.4 Å². The number of urea groups is 1. The maximum absolute atomic E-state index is 12.7. The van der Waals surface area contributed by atoms with Crippen molar-refractivity contribution in [3.8, 4) is 11.5 Å². The molecule has 2 heterocycles. The molecule has 5 amide bonds. The minimum Gasteiger partial charge on any atom is -0.506 e. The first-order chi connectivity index (χ1) is 15.4. The highest BCUT2D eigenvalue weighted by molar-refractivity contribution is 6.05. The molecule has 166 valence electrons. The molecule has 2 aromatic rings. The van der Waals surface area contributed by atoms with Crippen LogP contribution in [0.3, 0.4) is 0 Å². The van der Waals surface area contributed by atoms with Gasteiger partial charge in [0.15, 0.2) is 0 Å². The zero-order chi connectivity index (χ0) is 22.8. The van der Waals surface area contributed by atoms with Crippen molar-refractivity contribution in [2.24, 2.45) is 0 Å². The number of anilines is 1. The van der Waals surface area contributed by atoms with Gasteiger partial charge in [-0.15, -0.1) is 0 Å². The first-order valence-corrected chi connectivity index (χ1v) is 10.0. The first kappa shape index (κ1) is 21.2. The zero-order valence-electron chi connectivity index (χ0n) is 17.3. The van der Waals surface area contributed by atoms with Crippen LogP contribution in [0.25, 0.3) is 0 Å². The highest BCUT2D eigenvalue weighted by Gasteiger charge is 2.39. The van der Waals surface area contributed by atoms with Gasteiger partial charge in [-0.05, 0) is 35.7 Å². The molecule has 0 spiro atoms. The van der Waals surface area contributed by atoms with Crippen molar-refractivity contribution in [1.29, 1.82) is 0 Å². The van der Waals surface area contributed by atoms with Gasteiger partial charge in [-0.25, -0.2) is 4.79 Å². The Labute approximate surface area is 183 Å². The summed E-state index contributed by atoms with van der Waals surface area (Å²) in [6, 6.07) is 8.51. The number of imide groups is 1. The van der Waals surface area contributed by atoms with E-state index in [0.29, 0.717) is 17.7 Å². The molecular formula is C22H22N4O6. The van der Waals surface area contributed by atoms with Crippen LogP contribution in [0, 0.1) is 0 Å². The van der Waals surface area contributed by atoms with E-state index in [1.165, 1.54) is 24.1 Å². The first-order valence-electron chi connectivity index (χ1n) is 10.0. The number of piperidine rings is 1. The van der Waals surface area contributed by atoms with Gasteiger partial charge in [-0.2, -0.15) is 0 Å². The van der Waals surface area contributed by atoms with Crippen molar-refractivity contribution < 1.29 is 29.0 Å². The number of fused-ring (bicyclic) bond motifs is 1. The average Bonchev–Trinajstić information content (AvgIpc) is 3.09. The molecule has 4 N–H and O–H groups in total. The number of phenols is 1. The van der Waals surface area contributed by atoms with Crippen molar-refractivity contribution in [3.05, 3.63) is 53.1 Å². The van der Waals surface area contributed by atoms with E-state index in [0.717, 1.165) is 11.1 Å². The number of aromatic hydroxyl groups is 1. The molecule has 10 nitrogen and oxygen atoms in total. The van der Waals surface area contributed by atoms with E-state index in [9.17, 15) is 24.3 Å². The van der Waals surface area contributed by atoms with E-state index in [1.54, 1.807) is 18.2 Å². The number of carbonyl (C=O) groups is 4. The van der Waals surface area contributed by atoms with Crippen molar-refractivity contribution in [1.82, 2.24) is 15.5 Å². The van der Waals surface area contributed by atoms with E-state index in [4.69, 9.17) is 4.74 Å². The lowest BCUT2D eigenvalue weighted by molar-refractivity contribution is -0.136. The minimum absolute atomic E-state index is 0.0921. The quantitative estimate of drug-likeness (QED) is 0.412. The fourth-order valence-electron chi connectivity index (χ4n) is 3.83. The summed E-state index contributed by atoms with van der Waals surface area (Å²) in [7, 11) is 1.48. The Morgan fingerprint density at radius 1 is 1.22 bits per heavy atom. The van der Waals surface area contributed by atoms with Gasteiger partial charge in [-0.3, -0.25) is 19.7 Å². The van der Waals surface area contributed by atoms with Gasteiger partial charge < -0.3 is 25.4 Å². The topological polar surface area (TPSA) is 137 Å². The molecule has 0 saturated carbocycles. The third kappa shape index (κ3) is 4.20. The second kappa shape index (κ2) is 8.58. The number of amides is 5. The number of phenolic OH excluding ortho intramolecular Hbond substituents is 1. The van der Waals surface area contributed by atoms with E-state index >= 15 is 0 Å². The SMILES string of the molecule is COc1ccc(O)c(NC(=O)NCc2ccc3c(c2)CN(C2CCC(=O)NC2=O)C3=O)c1. The summed E-state index contributed by atoms with van der Waals surface area (Å²) in [6.45, 7) is 0.453. The van der Waals surface area contributed by atoms with Gasteiger partial charge in [0.25, 0.3) is 5.91 Å². The largest absolute Gasteiger partial charge is 0.506 e. The van der Waals surface area contributed by atoms with Crippen LogP contribution in [0.4, 0.5) is 10.5 Å². The number of rotatable bonds is 5. The predicted octanol–water partition coefficient (Wildman–Crippen LogP) is 1.48. The fourth-order valence-corrected chi connectivity index (χ4v) is 3.83. The Hall–Kier alpha value is -4.08. The molecule has 0 radical (unpaired) electrons. The maximum Gasteiger partial charge on any atom is 0.319 e. The molecule has 2 aliphatic heterocycles. The minimum atomic E-state index is -0.671. The fraction of sp³-hybridized carbons (Fsp3) is 0.273. The van der Waals surface area contributed by atoms with Crippen molar-refractivity contribution >= 4 is 29.4 Å². The van der Waals surface area contributed by atoms with E-state index in [2.05, 4.69) is 16.0 Å². The zero-order valence-corrected chi connectivity index (χ0v) is 17.3. The molecule has 1 fully saturated rings. The molecule has 4 rings (SSSR count). The highest BCUT2D eigenvalue weighted by Crippen LogP contribution is 2.29. The monoisotopic (exact) mass is 438 g/mol. The van der Waals surface area contributed by atoms with Gasteiger partial charge >= 0.3 is 6.03 Å². The van der Waals surface area contributed by atoms with Crippen LogP contribution in [0.2, 0.25) is 0 Å². The van der Waals surface area contributed by atoms with Crippen LogP contribution < -0.4 is 20.7 Å². The molecule has 0 bridgehead atoms. The van der Waals surface area contributed by atoms with Crippen LogP contribution in [0.5, 0.6) is 11.5 Å². The lowest BCUT2D eigenvalue weighted by Crippen LogP contribution is -2.52. The number of nitrogens with one attached hydrogen (secondary N) is 3. The standard InChI is InChI=1S/C22H22N4O6/c1-32-14-3-6-18(27)16(9-14)24-22(31)23-10-12-2-4-15-13(8-12)11-26(21(15)30)17-5-7-19(28)25-20(17)29/h2-4,6,8-9,17,27H,5,7,10-11H2,1H3,(H2,23,24,31)(H,25,28,29). The van der Waals surface area contributed by atoms with Gasteiger partial charge in [0.1, 0.15) is 17.5 Å². The molecule has 0 aliphatic carbocycles. The second-order valence-corrected chi connectivity index (χ2v) is 7.58. The van der Waals surface area contributed by atoms with E-state index in [-0.39, 0.29) is 42.8 Å². The number of ether oxygens (including phenoxy) is 1. The number of benzene rings is 2. The van der Waals surface area contributed by atoms with Crippen LogP contribution in [0.1, 0.15) is 34.3 Å². The van der Waals surface area contributed by atoms with Gasteiger partial charge in [-0.1, -0.05) is 12.1 Å². The maximum atomic E-state index is 12.7. The molecular weight excluding hydrogens is 416 g/mol. The Bertz CT molecular complexity index is 1120. The molecule has 10 heteroatoms. The van der Waals surface area contributed by atoms with Gasteiger partial charge in [0.05, 0.1) is 12.8 Å². The third-order valence-electron chi connectivity index (χ3n) is 5.49. The summed E-state index contributed by atoms with van der Waals surface area (Å²) in [4.78, 5) is 50.0. The average molecular weight is 438 g/mol. The summed E-state index contributed by atoms with van der Waals surface area (Å²) in [5.74, 6) is -0.640. The van der Waals surface area contributed by atoms with E-state index in [1.807, 2.05) is 6.07 Å². The smallest absolute Gasteiger partial charge is 0.319 e. The van der Waals surface area contributed by atoms with Crippen LogP contribution in [-0.4, -0.2) is 46.9 Å². The molecule has 2 aromatic carbocycles. The van der Waals surface area contributed by atoms with Crippen molar-refractivity contribution in [3.63, 3.8) is 0 Å². The van der Waals surface area contributed by atoms with E-state index < -0.39 is 18.0 Å². The molecule has 0 aromatic heterocycles. The number of carbonyl (C=O) groups excluding carboxylic acids is 4. The summed E-state index contributed by atoms with van der Waals surface area (Å²) in [5.41, 5.74) is 2.24. The second-order valence-electron chi connectivity index (χ2n) is 7.58. The van der Waals surface area contributed by atoms with Crippen molar-refractivity contribution in [2.45, 2.75) is 32.0 Å². The summed E-state index contributed by atoms with van der Waals surface area (Å²) < 4.78 is 5.08. The molecule has 1 atom stereocenters. The third-order valence-corrected chi connectivity index (χ3v) is 5.49. The Kier molecular flexibility index (Phi) is 5.67. The number of methoxy groups -OCH3 is 1. The van der Waals surface area contributed by atoms with Crippen LogP contribution in [-0.2, 0) is 22.7 Å². The normalized spacial score (nSPS) is 17.6. The predicted molar refractivity (Wildman–Crippen MR) is 113 cm³/mol. The van der Waals surface area contributed by atoms with Crippen LogP contribution >= 0.6 is 0 Å². The highest BCUT2D eigenvalue weighted by atomic mass is 16.5. The molecule has 2 aliphatic rings. The molecule has 1 saturated heterocycles. The summed E-state index contributed by atoms with van der Waals surface area (Å²) >= 11 is 0. The Morgan fingerprint density at radius 3 is 2.78 bits per heavy atom. The Balaban J connectivity index is 1.39. The molecule has 32 heavy (non-hydrogen) atoms. The van der Waals surface area contributed by atoms with Crippen molar-refractivity contribution in [2.75, 3.05) is 12.4 Å².